The van der Waals surface area contributed by atoms with Gasteiger partial charge in [0, 0.05) is 18.6 Å². The summed E-state index contributed by atoms with van der Waals surface area (Å²) in [5, 5.41) is 3.49. The molecule has 3 heteroatoms. The molecule has 0 amide bonds. The van der Waals surface area contributed by atoms with Gasteiger partial charge in [-0.3, -0.25) is 0 Å². The normalized spacial score (nSPS) is 22.0. The van der Waals surface area contributed by atoms with Crippen LogP contribution >= 0.6 is 0 Å². The lowest BCUT2D eigenvalue weighted by molar-refractivity contribution is 0.183. The van der Waals surface area contributed by atoms with E-state index in [1.54, 1.807) is 0 Å². The third-order valence-corrected chi connectivity index (χ3v) is 3.38. The predicted molar refractivity (Wildman–Crippen MR) is 67.6 cm³/mol. The minimum absolute atomic E-state index is 0.409. The number of hydrogen-bond donors (Lipinski definition) is 2. The maximum Gasteiger partial charge on any atom is 0.0579 e. The van der Waals surface area contributed by atoms with Crippen molar-refractivity contribution in [2.75, 3.05) is 24.3 Å². The Morgan fingerprint density at radius 1 is 1.50 bits per heavy atom. The first-order valence-corrected chi connectivity index (χ1v) is 5.88. The summed E-state index contributed by atoms with van der Waals surface area (Å²) in [5.74, 6) is 0.597. The molecule has 0 bridgehead atoms. The molecular formula is C13H20N2O. The molecule has 2 unspecified atom stereocenters. The molecule has 0 radical (unpaired) electrons. The number of benzene rings is 1. The predicted octanol–water partition coefficient (Wildman–Crippen LogP) is 2.41. The first-order chi connectivity index (χ1) is 7.68. The Bertz CT molecular complexity index is 359. The molecular weight excluding hydrogens is 200 g/mol. The standard InChI is InChI=1S/C13H20N2O/c1-9-4-3-5-12(13(9)14)15-10(2)11-6-7-16-8-11/h3-5,10-11,15H,6-8,14H2,1-2H3. The molecule has 1 aromatic rings. The number of anilines is 2. The Hall–Kier alpha value is -1.22. The molecule has 0 saturated carbocycles. The number of hydrogen-bond acceptors (Lipinski definition) is 3. The highest BCUT2D eigenvalue weighted by Gasteiger charge is 2.22. The monoisotopic (exact) mass is 220 g/mol. The quantitative estimate of drug-likeness (QED) is 0.769. The fourth-order valence-corrected chi connectivity index (χ4v) is 2.12. The molecule has 1 aliphatic rings. The van der Waals surface area contributed by atoms with Crippen LogP contribution in [0.3, 0.4) is 0 Å². The molecule has 1 heterocycles. The van der Waals surface area contributed by atoms with Gasteiger partial charge in [-0.05, 0) is 31.9 Å². The van der Waals surface area contributed by atoms with E-state index in [9.17, 15) is 0 Å². The van der Waals surface area contributed by atoms with Gasteiger partial charge in [-0.1, -0.05) is 12.1 Å². The molecule has 0 spiro atoms. The van der Waals surface area contributed by atoms with Crippen molar-refractivity contribution in [3.05, 3.63) is 23.8 Å². The highest BCUT2D eigenvalue weighted by atomic mass is 16.5. The van der Waals surface area contributed by atoms with E-state index in [0.717, 1.165) is 36.6 Å². The second-order valence-corrected chi connectivity index (χ2v) is 4.59. The molecule has 0 aromatic heterocycles. The first kappa shape index (κ1) is 11.3. The van der Waals surface area contributed by atoms with Crippen molar-refractivity contribution in [1.29, 1.82) is 0 Å². The van der Waals surface area contributed by atoms with Gasteiger partial charge in [0.15, 0.2) is 0 Å². The van der Waals surface area contributed by atoms with Gasteiger partial charge in [0.05, 0.1) is 18.0 Å². The van der Waals surface area contributed by atoms with Crippen LogP contribution in [0.25, 0.3) is 0 Å². The molecule has 0 aliphatic carbocycles. The number of aryl methyl sites for hydroxylation is 1. The summed E-state index contributed by atoms with van der Waals surface area (Å²) >= 11 is 0. The van der Waals surface area contributed by atoms with Crippen molar-refractivity contribution in [3.63, 3.8) is 0 Å². The zero-order valence-corrected chi connectivity index (χ0v) is 9.99. The lowest BCUT2D eigenvalue weighted by atomic mass is 10.00. The van der Waals surface area contributed by atoms with Gasteiger partial charge < -0.3 is 15.8 Å². The Morgan fingerprint density at radius 2 is 2.31 bits per heavy atom. The molecule has 3 N–H and O–H groups in total. The van der Waals surface area contributed by atoms with Crippen LogP contribution in [0.2, 0.25) is 0 Å². The number of nitrogens with one attached hydrogen (secondary N) is 1. The smallest absolute Gasteiger partial charge is 0.0579 e. The maximum atomic E-state index is 6.04. The van der Waals surface area contributed by atoms with Crippen molar-refractivity contribution in [3.8, 4) is 0 Å². The average molecular weight is 220 g/mol. The molecule has 1 saturated heterocycles. The Morgan fingerprint density at radius 3 is 3.00 bits per heavy atom. The first-order valence-electron chi connectivity index (χ1n) is 5.88. The Labute approximate surface area is 97.0 Å². The molecule has 88 valence electrons. The van der Waals surface area contributed by atoms with E-state index >= 15 is 0 Å². The fourth-order valence-electron chi connectivity index (χ4n) is 2.12. The van der Waals surface area contributed by atoms with E-state index in [-0.39, 0.29) is 0 Å². The molecule has 1 aliphatic heterocycles. The van der Waals surface area contributed by atoms with Crippen LogP contribution in [0.1, 0.15) is 18.9 Å². The molecule has 1 fully saturated rings. The van der Waals surface area contributed by atoms with Crippen molar-refractivity contribution in [2.45, 2.75) is 26.3 Å². The molecule has 1 aromatic carbocycles. The second-order valence-electron chi connectivity index (χ2n) is 4.59. The van der Waals surface area contributed by atoms with Gasteiger partial charge >= 0.3 is 0 Å². The fraction of sp³-hybridized carbons (Fsp3) is 0.538. The van der Waals surface area contributed by atoms with E-state index in [1.807, 2.05) is 25.1 Å². The lowest BCUT2D eigenvalue weighted by Gasteiger charge is -2.22. The third-order valence-electron chi connectivity index (χ3n) is 3.38. The number of rotatable bonds is 3. The summed E-state index contributed by atoms with van der Waals surface area (Å²) in [7, 11) is 0. The van der Waals surface area contributed by atoms with Gasteiger partial charge in [-0.2, -0.15) is 0 Å². The second kappa shape index (κ2) is 4.74. The highest BCUT2D eigenvalue weighted by molar-refractivity contribution is 5.69. The SMILES string of the molecule is Cc1cccc(NC(C)C2CCOC2)c1N. The van der Waals surface area contributed by atoms with Crippen LogP contribution in [0, 0.1) is 12.8 Å². The zero-order chi connectivity index (χ0) is 11.5. The highest BCUT2D eigenvalue weighted by Crippen LogP contribution is 2.25. The van der Waals surface area contributed by atoms with Gasteiger partial charge in [0.2, 0.25) is 0 Å². The van der Waals surface area contributed by atoms with Gasteiger partial charge in [0.25, 0.3) is 0 Å². The van der Waals surface area contributed by atoms with E-state index < -0.39 is 0 Å². The van der Waals surface area contributed by atoms with E-state index in [4.69, 9.17) is 10.5 Å². The van der Waals surface area contributed by atoms with Crippen molar-refractivity contribution < 1.29 is 4.74 Å². The Kier molecular flexibility index (Phi) is 3.34. The minimum Gasteiger partial charge on any atom is -0.397 e. The van der Waals surface area contributed by atoms with E-state index in [2.05, 4.69) is 12.2 Å². The summed E-state index contributed by atoms with van der Waals surface area (Å²) < 4.78 is 5.40. The van der Waals surface area contributed by atoms with Crippen LogP contribution in [0.4, 0.5) is 11.4 Å². The van der Waals surface area contributed by atoms with Crippen molar-refractivity contribution in [1.82, 2.24) is 0 Å². The van der Waals surface area contributed by atoms with Gasteiger partial charge in [0.1, 0.15) is 0 Å². The number of para-hydroxylation sites is 1. The zero-order valence-electron chi connectivity index (χ0n) is 9.99. The Balaban J connectivity index is 2.05. The summed E-state index contributed by atoms with van der Waals surface area (Å²) in [6.45, 7) is 5.98. The maximum absolute atomic E-state index is 6.04. The number of nitrogen functional groups attached to an aromatic ring is 1. The van der Waals surface area contributed by atoms with Crippen LogP contribution in [0.15, 0.2) is 18.2 Å². The van der Waals surface area contributed by atoms with Crippen molar-refractivity contribution in [2.24, 2.45) is 5.92 Å². The summed E-state index contributed by atoms with van der Waals surface area (Å²) in [6.07, 6.45) is 1.14. The molecule has 2 rings (SSSR count). The van der Waals surface area contributed by atoms with E-state index in [1.165, 1.54) is 0 Å². The number of nitrogens with two attached hydrogens (primary N) is 1. The average Bonchev–Trinajstić information content (AvgIpc) is 2.78. The number of ether oxygens (including phenoxy) is 1. The molecule has 16 heavy (non-hydrogen) atoms. The largest absolute Gasteiger partial charge is 0.397 e. The van der Waals surface area contributed by atoms with Gasteiger partial charge in [-0.25, -0.2) is 0 Å². The van der Waals surface area contributed by atoms with Crippen LogP contribution in [-0.4, -0.2) is 19.3 Å². The third kappa shape index (κ3) is 2.30. The molecule has 3 nitrogen and oxygen atoms in total. The lowest BCUT2D eigenvalue weighted by Crippen LogP contribution is -2.26. The topological polar surface area (TPSA) is 47.3 Å². The summed E-state index contributed by atoms with van der Waals surface area (Å²) in [5.41, 5.74) is 9.06. The van der Waals surface area contributed by atoms with Crippen LogP contribution in [-0.2, 0) is 4.74 Å². The van der Waals surface area contributed by atoms with Crippen LogP contribution < -0.4 is 11.1 Å². The summed E-state index contributed by atoms with van der Waals surface area (Å²) in [4.78, 5) is 0. The molecule has 2 atom stereocenters. The van der Waals surface area contributed by atoms with Crippen LogP contribution in [0.5, 0.6) is 0 Å². The summed E-state index contributed by atoms with van der Waals surface area (Å²) in [6, 6.07) is 6.51. The van der Waals surface area contributed by atoms with Crippen molar-refractivity contribution >= 4 is 11.4 Å². The van der Waals surface area contributed by atoms with E-state index in [0.29, 0.717) is 12.0 Å². The minimum atomic E-state index is 0.409. The van der Waals surface area contributed by atoms with Gasteiger partial charge in [-0.15, -0.1) is 0 Å².